The van der Waals surface area contributed by atoms with Crippen LogP contribution in [-0.2, 0) is 0 Å². The Morgan fingerprint density at radius 2 is 1.89 bits per heavy atom. The minimum absolute atomic E-state index is 0.203. The van der Waals surface area contributed by atoms with Crippen LogP contribution in [0.1, 0.15) is 0 Å². The van der Waals surface area contributed by atoms with Crippen LogP contribution in [0.15, 0.2) is 41.5 Å². The van der Waals surface area contributed by atoms with Crippen molar-refractivity contribution in [1.82, 2.24) is 15.0 Å². The molecule has 0 unspecified atom stereocenters. The molecule has 0 bridgehead atoms. The zero-order valence-electron chi connectivity index (χ0n) is 9.73. The van der Waals surface area contributed by atoms with Crippen molar-refractivity contribution >= 4 is 11.0 Å². The van der Waals surface area contributed by atoms with Crippen LogP contribution in [0.3, 0.4) is 0 Å². The van der Waals surface area contributed by atoms with E-state index in [2.05, 4.69) is 15.0 Å². The molecule has 90 valence electrons. The van der Waals surface area contributed by atoms with Crippen molar-refractivity contribution < 1.29 is 4.74 Å². The zero-order valence-corrected chi connectivity index (χ0v) is 9.73. The van der Waals surface area contributed by atoms with Gasteiger partial charge in [-0.2, -0.15) is 0 Å². The van der Waals surface area contributed by atoms with Crippen LogP contribution in [0.5, 0.6) is 5.75 Å². The number of imidazole rings is 1. The first-order valence-corrected chi connectivity index (χ1v) is 5.48. The number of H-pyrrole nitrogens is 2. The first-order chi connectivity index (χ1) is 8.76. The summed E-state index contributed by atoms with van der Waals surface area (Å²) in [6.45, 7) is 0. The fourth-order valence-corrected chi connectivity index (χ4v) is 1.90. The predicted octanol–water partition coefficient (Wildman–Crippen LogP) is 1.93. The van der Waals surface area contributed by atoms with E-state index in [4.69, 9.17) is 4.74 Å². The Morgan fingerprint density at radius 1 is 1.06 bits per heavy atom. The second-order valence-electron chi connectivity index (χ2n) is 3.95. The molecule has 3 aromatic rings. The van der Waals surface area contributed by atoms with Gasteiger partial charge in [-0.3, -0.25) is 4.98 Å². The largest absolute Gasteiger partial charge is 0.495 e. The molecular weight excluding hydrogens is 230 g/mol. The molecule has 2 N–H and O–H groups in total. The van der Waals surface area contributed by atoms with Crippen molar-refractivity contribution in [3.8, 4) is 16.9 Å². The van der Waals surface area contributed by atoms with E-state index < -0.39 is 0 Å². The Bertz CT molecular complexity index is 758. The third-order valence-corrected chi connectivity index (χ3v) is 2.80. The lowest BCUT2D eigenvalue weighted by Gasteiger charge is -2.04. The summed E-state index contributed by atoms with van der Waals surface area (Å²) in [5, 5.41) is 0. The molecule has 0 amide bonds. The lowest BCUT2D eigenvalue weighted by atomic mass is 10.1. The summed E-state index contributed by atoms with van der Waals surface area (Å²) in [7, 11) is 1.60. The molecule has 18 heavy (non-hydrogen) atoms. The Balaban J connectivity index is 2.15. The molecule has 0 spiro atoms. The number of hydrogen-bond donors (Lipinski definition) is 2. The molecule has 0 aliphatic heterocycles. The second kappa shape index (κ2) is 4.03. The van der Waals surface area contributed by atoms with Crippen LogP contribution < -0.4 is 10.4 Å². The minimum atomic E-state index is -0.203. The van der Waals surface area contributed by atoms with Crippen LogP contribution in [0.25, 0.3) is 22.2 Å². The van der Waals surface area contributed by atoms with Crippen molar-refractivity contribution in [2.75, 3.05) is 7.11 Å². The lowest BCUT2D eigenvalue weighted by Crippen LogP contribution is -1.99. The number of nitrogens with one attached hydrogen (secondary N) is 2. The van der Waals surface area contributed by atoms with Gasteiger partial charge in [0.25, 0.3) is 0 Å². The fourth-order valence-electron chi connectivity index (χ4n) is 1.90. The van der Waals surface area contributed by atoms with Crippen LogP contribution in [0.4, 0.5) is 0 Å². The van der Waals surface area contributed by atoms with E-state index in [1.54, 1.807) is 19.5 Å². The Kier molecular flexibility index (Phi) is 2.37. The molecule has 2 aromatic heterocycles. The van der Waals surface area contributed by atoms with E-state index >= 15 is 0 Å². The van der Waals surface area contributed by atoms with Crippen LogP contribution in [0, 0.1) is 0 Å². The monoisotopic (exact) mass is 241 g/mol. The summed E-state index contributed by atoms with van der Waals surface area (Å²) >= 11 is 0. The van der Waals surface area contributed by atoms with Crippen LogP contribution in [0.2, 0.25) is 0 Å². The normalized spacial score (nSPS) is 10.7. The maximum atomic E-state index is 11.2. The maximum Gasteiger partial charge on any atom is 0.323 e. The second-order valence-corrected chi connectivity index (χ2v) is 3.95. The molecule has 0 radical (unpaired) electrons. The lowest BCUT2D eigenvalue weighted by molar-refractivity contribution is 0.413. The smallest absolute Gasteiger partial charge is 0.323 e. The molecule has 5 heteroatoms. The van der Waals surface area contributed by atoms with E-state index in [0.29, 0.717) is 5.75 Å². The van der Waals surface area contributed by atoms with E-state index in [9.17, 15) is 4.79 Å². The van der Waals surface area contributed by atoms with Crippen molar-refractivity contribution in [3.05, 3.63) is 47.1 Å². The highest BCUT2D eigenvalue weighted by Crippen LogP contribution is 2.24. The van der Waals surface area contributed by atoms with E-state index in [1.807, 2.05) is 24.3 Å². The maximum absolute atomic E-state index is 11.2. The highest BCUT2D eigenvalue weighted by molar-refractivity contribution is 5.81. The van der Waals surface area contributed by atoms with Gasteiger partial charge >= 0.3 is 5.69 Å². The number of hydrogen-bond acceptors (Lipinski definition) is 3. The fraction of sp³-hybridized carbons (Fsp3) is 0.0769. The summed E-state index contributed by atoms with van der Waals surface area (Å²) < 4.78 is 5.14. The average Bonchev–Trinajstić information content (AvgIpc) is 2.77. The van der Waals surface area contributed by atoms with E-state index in [0.717, 1.165) is 22.2 Å². The van der Waals surface area contributed by atoms with E-state index in [1.165, 1.54) is 0 Å². The summed E-state index contributed by atoms with van der Waals surface area (Å²) in [5.41, 5.74) is 3.29. The number of aromatic nitrogens is 3. The van der Waals surface area contributed by atoms with E-state index in [-0.39, 0.29) is 5.69 Å². The van der Waals surface area contributed by atoms with Crippen LogP contribution in [-0.4, -0.2) is 22.1 Å². The number of pyridine rings is 1. The Morgan fingerprint density at radius 3 is 2.72 bits per heavy atom. The molecule has 0 atom stereocenters. The summed E-state index contributed by atoms with van der Waals surface area (Å²) in [6, 6.07) is 7.60. The Hall–Kier alpha value is -2.56. The molecule has 5 nitrogen and oxygen atoms in total. The van der Waals surface area contributed by atoms with Gasteiger partial charge in [0, 0.05) is 11.8 Å². The van der Waals surface area contributed by atoms with Gasteiger partial charge in [-0.25, -0.2) is 4.79 Å². The number of ether oxygens (including phenoxy) is 1. The van der Waals surface area contributed by atoms with Gasteiger partial charge in [0.2, 0.25) is 0 Å². The molecular formula is C13H11N3O2. The van der Waals surface area contributed by atoms with Crippen LogP contribution >= 0.6 is 0 Å². The molecule has 0 saturated carbocycles. The summed E-state index contributed by atoms with van der Waals surface area (Å²) in [6.07, 6.45) is 3.41. The quantitative estimate of drug-likeness (QED) is 0.720. The van der Waals surface area contributed by atoms with Crippen molar-refractivity contribution in [3.63, 3.8) is 0 Å². The van der Waals surface area contributed by atoms with Gasteiger partial charge in [-0.05, 0) is 23.8 Å². The average molecular weight is 241 g/mol. The highest BCUT2D eigenvalue weighted by Gasteiger charge is 2.03. The van der Waals surface area contributed by atoms with Gasteiger partial charge in [0.15, 0.2) is 0 Å². The molecule has 2 heterocycles. The Labute approximate surface area is 102 Å². The molecule has 1 aromatic carbocycles. The molecule has 0 aliphatic rings. The minimum Gasteiger partial charge on any atom is -0.495 e. The van der Waals surface area contributed by atoms with Gasteiger partial charge < -0.3 is 14.7 Å². The third kappa shape index (κ3) is 1.75. The third-order valence-electron chi connectivity index (χ3n) is 2.80. The predicted molar refractivity (Wildman–Crippen MR) is 68.7 cm³/mol. The number of benzene rings is 1. The number of fused-ring (bicyclic) bond motifs is 1. The van der Waals surface area contributed by atoms with Gasteiger partial charge in [-0.1, -0.05) is 6.07 Å². The molecule has 3 rings (SSSR count). The number of aromatic amines is 2. The highest BCUT2D eigenvalue weighted by atomic mass is 16.5. The number of nitrogens with zero attached hydrogens (tertiary/aromatic N) is 1. The summed E-state index contributed by atoms with van der Waals surface area (Å²) in [5.74, 6) is 0.704. The SMILES string of the molecule is COc1cncc(-c2ccc3[nH]c(=O)[nH]c3c2)c1. The zero-order chi connectivity index (χ0) is 12.5. The van der Waals surface area contributed by atoms with Gasteiger partial charge in [0.05, 0.1) is 24.3 Å². The number of rotatable bonds is 2. The summed E-state index contributed by atoms with van der Waals surface area (Å²) in [4.78, 5) is 20.7. The van der Waals surface area contributed by atoms with Crippen molar-refractivity contribution in [2.45, 2.75) is 0 Å². The first kappa shape index (κ1) is 10.6. The first-order valence-electron chi connectivity index (χ1n) is 5.48. The van der Waals surface area contributed by atoms with Crippen molar-refractivity contribution in [2.24, 2.45) is 0 Å². The van der Waals surface area contributed by atoms with Crippen molar-refractivity contribution in [1.29, 1.82) is 0 Å². The molecule has 0 fully saturated rings. The standard InChI is InChI=1S/C13H11N3O2/c1-18-10-4-9(6-14-7-10)8-2-3-11-12(5-8)16-13(17)15-11/h2-7H,1H3,(H2,15,16,17). The topological polar surface area (TPSA) is 70.8 Å². The van der Waals surface area contributed by atoms with Gasteiger partial charge in [0.1, 0.15) is 5.75 Å². The van der Waals surface area contributed by atoms with Gasteiger partial charge in [-0.15, -0.1) is 0 Å². The molecule has 0 saturated heterocycles. The molecule has 0 aliphatic carbocycles. The number of methoxy groups -OCH3 is 1.